The van der Waals surface area contributed by atoms with Gasteiger partial charge in [-0.15, -0.1) is 0 Å². The molecule has 0 amide bonds. The van der Waals surface area contributed by atoms with Gasteiger partial charge >= 0.3 is 5.97 Å². The highest BCUT2D eigenvalue weighted by Crippen LogP contribution is 2.21. The van der Waals surface area contributed by atoms with Crippen molar-refractivity contribution >= 4 is 22.8 Å². The molecule has 0 aromatic carbocycles. The second kappa shape index (κ2) is 5.19. The lowest BCUT2D eigenvalue weighted by molar-refractivity contribution is -0.137. The average molecular weight is 190 g/mol. The predicted molar refractivity (Wildman–Crippen MR) is 49.2 cm³/mol. The maximum atomic E-state index is 10.9. The predicted octanol–water partition coefficient (Wildman–Crippen LogP) is 1.77. The lowest BCUT2D eigenvalue weighted by Gasteiger charge is -2.13. The van der Waals surface area contributed by atoms with Gasteiger partial charge in [-0.25, -0.2) is 0 Å². The fraction of sp³-hybridized carbons (Fsp3) is 0.750. The van der Waals surface area contributed by atoms with E-state index in [1.54, 1.807) is 20.8 Å². The number of hydrogen-bond donors (Lipinski definition) is 1. The molecule has 0 saturated heterocycles. The van der Waals surface area contributed by atoms with Crippen molar-refractivity contribution in [2.75, 3.05) is 0 Å². The third-order valence-electron chi connectivity index (χ3n) is 1.40. The Hall–Kier alpha value is -0.510. The van der Waals surface area contributed by atoms with E-state index in [1.807, 2.05) is 0 Å². The lowest BCUT2D eigenvalue weighted by atomic mass is 10.1. The zero-order valence-corrected chi connectivity index (χ0v) is 8.35. The van der Waals surface area contributed by atoms with Gasteiger partial charge in [0.25, 0.3) is 0 Å². The van der Waals surface area contributed by atoms with Crippen LogP contribution < -0.4 is 0 Å². The molecule has 0 aliphatic heterocycles. The van der Waals surface area contributed by atoms with Crippen molar-refractivity contribution in [2.45, 2.75) is 32.4 Å². The molecule has 0 heterocycles. The number of carbonyl (C=O) groups excluding carboxylic acids is 1. The van der Waals surface area contributed by atoms with Crippen LogP contribution in [0.1, 0.15) is 27.2 Å². The van der Waals surface area contributed by atoms with Gasteiger partial charge in [-0.3, -0.25) is 9.59 Å². The molecule has 0 aromatic heterocycles. The van der Waals surface area contributed by atoms with Crippen molar-refractivity contribution in [3.63, 3.8) is 0 Å². The second-order valence-corrected chi connectivity index (χ2v) is 4.05. The number of aliphatic carboxylic acids is 1. The summed E-state index contributed by atoms with van der Waals surface area (Å²) >= 11 is 0.922. The first kappa shape index (κ1) is 11.5. The minimum absolute atomic E-state index is 0.0111. The van der Waals surface area contributed by atoms with Gasteiger partial charge in [0.2, 0.25) is 0 Å². The molecule has 1 atom stereocenters. The van der Waals surface area contributed by atoms with E-state index in [-0.39, 0.29) is 11.0 Å². The van der Waals surface area contributed by atoms with Crippen LogP contribution in [0.2, 0.25) is 0 Å². The molecular formula is C8H14O3S. The summed E-state index contributed by atoms with van der Waals surface area (Å²) in [6, 6.07) is 0. The van der Waals surface area contributed by atoms with Gasteiger partial charge in [0, 0.05) is 6.42 Å². The standard InChI is InChI=1S/C8H14O3S/c1-4-6(9)12-7(5(2)3)8(10)11/h5,7H,4H2,1-3H3,(H,10,11). The van der Waals surface area contributed by atoms with Crippen molar-refractivity contribution in [1.82, 2.24) is 0 Å². The fourth-order valence-corrected chi connectivity index (χ4v) is 1.52. The van der Waals surface area contributed by atoms with E-state index < -0.39 is 11.2 Å². The highest BCUT2D eigenvalue weighted by atomic mass is 32.2. The summed E-state index contributed by atoms with van der Waals surface area (Å²) in [6.07, 6.45) is 0.390. The molecule has 0 aliphatic rings. The fourth-order valence-electron chi connectivity index (χ4n) is 0.697. The molecule has 0 radical (unpaired) electrons. The minimum atomic E-state index is -0.906. The molecule has 0 saturated carbocycles. The van der Waals surface area contributed by atoms with Gasteiger partial charge in [0.15, 0.2) is 5.12 Å². The first-order valence-electron chi connectivity index (χ1n) is 3.91. The van der Waals surface area contributed by atoms with Gasteiger partial charge in [0.1, 0.15) is 5.25 Å². The van der Waals surface area contributed by atoms with Crippen molar-refractivity contribution in [3.05, 3.63) is 0 Å². The molecule has 4 heteroatoms. The van der Waals surface area contributed by atoms with Crippen LogP contribution in [0.5, 0.6) is 0 Å². The third-order valence-corrected chi connectivity index (χ3v) is 2.95. The van der Waals surface area contributed by atoms with Gasteiger partial charge in [0.05, 0.1) is 0 Å². The topological polar surface area (TPSA) is 54.4 Å². The zero-order chi connectivity index (χ0) is 9.72. The smallest absolute Gasteiger partial charge is 0.317 e. The summed E-state index contributed by atoms with van der Waals surface area (Å²) in [7, 11) is 0. The van der Waals surface area contributed by atoms with Crippen molar-refractivity contribution < 1.29 is 14.7 Å². The van der Waals surface area contributed by atoms with Crippen molar-refractivity contribution in [1.29, 1.82) is 0 Å². The molecule has 0 bridgehead atoms. The van der Waals surface area contributed by atoms with E-state index in [4.69, 9.17) is 5.11 Å². The van der Waals surface area contributed by atoms with E-state index in [2.05, 4.69) is 0 Å². The molecule has 0 spiro atoms. The Kier molecular flexibility index (Phi) is 4.97. The van der Waals surface area contributed by atoms with Crippen LogP contribution in [-0.2, 0) is 9.59 Å². The highest BCUT2D eigenvalue weighted by molar-refractivity contribution is 8.14. The molecule has 1 unspecified atom stereocenters. The van der Waals surface area contributed by atoms with Crippen LogP contribution in [0.4, 0.5) is 0 Å². The summed E-state index contributed by atoms with van der Waals surface area (Å²) in [6.45, 7) is 5.33. The Morgan fingerprint density at radius 1 is 1.42 bits per heavy atom. The summed E-state index contributed by atoms with van der Waals surface area (Å²) in [4.78, 5) is 21.6. The number of carboxylic acids is 1. The highest BCUT2D eigenvalue weighted by Gasteiger charge is 2.24. The molecule has 0 rings (SSSR count). The molecule has 0 aromatic rings. The van der Waals surface area contributed by atoms with Crippen LogP contribution in [-0.4, -0.2) is 21.4 Å². The van der Waals surface area contributed by atoms with Crippen molar-refractivity contribution in [3.8, 4) is 0 Å². The van der Waals surface area contributed by atoms with Crippen LogP contribution in [0.25, 0.3) is 0 Å². The van der Waals surface area contributed by atoms with Crippen LogP contribution in [0, 0.1) is 5.92 Å². The van der Waals surface area contributed by atoms with Gasteiger partial charge in [-0.05, 0) is 5.92 Å². The molecule has 70 valence electrons. The van der Waals surface area contributed by atoms with Crippen LogP contribution in [0.15, 0.2) is 0 Å². The molecule has 1 N–H and O–H groups in total. The number of carboxylic acid groups (broad SMARTS) is 1. The molecule has 12 heavy (non-hydrogen) atoms. The van der Waals surface area contributed by atoms with Crippen molar-refractivity contribution in [2.24, 2.45) is 5.92 Å². The summed E-state index contributed by atoms with van der Waals surface area (Å²) < 4.78 is 0. The van der Waals surface area contributed by atoms with Gasteiger partial charge in [-0.2, -0.15) is 0 Å². The van der Waals surface area contributed by atoms with E-state index in [0.717, 1.165) is 11.8 Å². The summed E-state index contributed by atoms with van der Waals surface area (Å²) in [5, 5.41) is 8.06. The Balaban J connectivity index is 4.14. The summed E-state index contributed by atoms with van der Waals surface area (Å²) in [5.74, 6) is -0.917. The Bertz CT molecular complexity index is 177. The molecule has 3 nitrogen and oxygen atoms in total. The van der Waals surface area contributed by atoms with E-state index in [1.165, 1.54) is 0 Å². The normalized spacial score (nSPS) is 13.0. The SMILES string of the molecule is CCC(=O)SC(C(=O)O)C(C)C. The van der Waals surface area contributed by atoms with Gasteiger partial charge in [-0.1, -0.05) is 32.5 Å². The minimum Gasteiger partial charge on any atom is -0.480 e. The lowest BCUT2D eigenvalue weighted by Crippen LogP contribution is -2.24. The molecule has 0 fully saturated rings. The Labute approximate surface area is 76.5 Å². The number of hydrogen-bond acceptors (Lipinski definition) is 3. The first-order chi connectivity index (χ1) is 5.49. The van der Waals surface area contributed by atoms with E-state index in [0.29, 0.717) is 6.42 Å². The number of rotatable bonds is 4. The first-order valence-corrected chi connectivity index (χ1v) is 4.79. The van der Waals surface area contributed by atoms with Gasteiger partial charge < -0.3 is 5.11 Å². The Morgan fingerprint density at radius 2 is 1.92 bits per heavy atom. The Morgan fingerprint density at radius 3 is 2.17 bits per heavy atom. The number of carbonyl (C=O) groups is 2. The van der Waals surface area contributed by atoms with Crippen LogP contribution in [0.3, 0.4) is 0 Å². The quantitative estimate of drug-likeness (QED) is 0.734. The largest absolute Gasteiger partial charge is 0.480 e. The van der Waals surface area contributed by atoms with E-state index in [9.17, 15) is 9.59 Å². The van der Waals surface area contributed by atoms with Crippen LogP contribution >= 0.6 is 11.8 Å². The molecule has 0 aliphatic carbocycles. The van der Waals surface area contributed by atoms with E-state index >= 15 is 0 Å². The second-order valence-electron chi connectivity index (χ2n) is 2.85. The monoisotopic (exact) mass is 190 g/mol. The number of thioether (sulfide) groups is 1. The summed E-state index contributed by atoms with van der Waals surface area (Å²) in [5.41, 5.74) is 0. The molecular weight excluding hydrogens is 176 g/mol. The maximum absolute atomic E-state index is 10.9. The average Bonchev–Trinajstić information content (AvgIpc) is 1.98. The maximum Gasteiger partial charge on any atom is 0.317 e. The third kappa shape index (κ3) is 3.76. The zero-order valence-electron chi connectivity index (χ0n) is 7.53.